The Kier molecular flexibility index (Phi) is 6.03. The Labute approximate surface area is 132 Å². The van der Waals surface area contributed by atoms with Gasteiger partial charge in [0.25, 0.3) is 0 Å². The summed E-state index contributed by atoms with van der Waals surface area (Å²) in [6, 6.07) is 11.0. The van der Waals surface area contributed by atoms with Gasteiger partial charge in [-0.05, 0) is 30.8 Å². The lowest BCUT2D eigenvalue weighted by molar-refractivity contribution is 0.500. The highest BCUT2D eigenvalue weighted by Gasteiger charge is 2.19. The molecule has 0 aliphatic heterocycles. The number of nitrogens with one attached hydrogen (secondary N) is 1. The van der Waals surface area contributed by atoms with E-state index in [2.05, 4.69) is 5.32 Å². The average molecular weight is 328 g/mol. The Hall–Kier alpha value is -1.10. The maximum absolute atomic E-state index is 13.9. The van der Waals surface area contributed by atoms with Gasteiger partial charge in [-0.3, -0.25) is 0 Å². The van der Waals surface area contributed by atoms with E-state index >= 15 is 0 Å². The number of benzene rings is 2. The summed E-state index contributed by atoms with van der Waals surface area (Å²) in [7, 11) is 0. The van der Waals surface area contributed by atoms with Crippen molar-refractivity contribution in [3.63, 3.8) is 0 Å². The molecule has 0 saturated carbocycles. The number of thioether (sulfide) groups is 1. The predicted octanol–water partition coefficient (Wildman–Crippen LogP) is 5.06. The summed E-state index contributed by atoms with van der Waals surface area (Å²) >= 11 is 7.58. The number of rotatable bonds is 6. The first-order valence-corrected chi connectivity index (χ1v) is 8.04. The van der Waals surface area contributed by atoms with E-state index in [1.54, 1.807) is 6.07 Å². The predicted molar refractivity (Wildman–Crippen MR) is 85.0 cm³/mol. The van der Waals surface area contributed by atoms with Crippen molar-refractivity contribution in [1.29, 1.82) is 0 Å². The zero-order valence-corrected chi connectivity index (χ0v) is 13.1. The standard InChI is InChI=1S/C16H16ClF2NS/c1-2-20-14(16-12(18)7-5-8-13(16)19)10-21-15-9-4-3-6-11(15)17/h3-9,14,20H,2,10H2,1H3. The van der Waals surface area contributed by atoms with Gasteiger partial charge in [-0.2, -0.15) is 0 Å². The van der Waals surface area contributed by atoms with E-state index in [0.29, 0.717) is 17.3 Å². The van der Waals surface area contributed by atoms with E-state index in [1.807, 2.05) is 25.1 Å². The maximum atomic E-state index is 13.9. The van der Waals surface area contributed by atoms with Crippen LogP contribution in [0.5, 0.6) is 0 Å². The van der Waals surface area contributed by atoms with Gasteiger partial charge in [0.1, 0.15) is 11.6 Å². The molecule has 0 aromatic heterocycles. The monoisotopic (exact) mass is 327 g/mol. The highest BCUT2D eigenvalue weighted by Crippen LogP contribution is 2.31. The molecule has 2 aromatic rings. The molecule has 1 nitrogen and oxygen atoms in total. The van der Waals surface area contributed by atoms with E-state index in [-0.39, 0.29) is 5.56 Å². The Bertz CT molecular complexity index is 586. The van der Waals surface area contributed by atoms with E-state index in [9.17, 15) is 8.78 Å². The SMILES string of the molecule is CCNC(CSc1ccccc1Cl)c1c(F)cccc1F. The van der Waals surface area contributed by atoms with Crippen LogP contribution >= 0.6 is 23.4 Å². The maximum Gasteiger partial charge on any atom is 0.130 e. The summed E-state index contributed by atoms with van der Waals surface area (Å²) in [6.45, 7) is 2.54. The van der Waals surface area contributed by atoms with Gasteiger partial charge in [-0.25, -0.2) is 8.78 Å². The molecule has 0 fully saturated rings. The quantitative estimate of drug-likeness (QED) is 0.744. The third kappa shape index (κ3) is 4.19. The van der Waals surface area contributed by atoms with Gasteiger partial charge in [0.15, 0.2) is 0 Å². The molecule has 0 aliphatic carbocycles. The van der Waals surface area contributed by atoms with E-state index < -0.39 is 17.7 Å². The largest absolute Gasteiger partial charge is 0.309 e. The molecule has 0 spiro atoms. The zero-order chi connectivity index (χ0) is 15.2. The fourth-order valence-corrected chi connectivity index (χ4v) is 3.38. The molecule has 0 amide bonds. The Balaban J connectivity index is 2.18. The minimum absolute atomic E-state index is 0.0823. The lowest BCUT2D eigenvalue weighted by atomic mass is 10.1. The van der Waals surface area contributed by atoms with Crippen LogP contribution < -0.4 is 5.32 Å². The molecule has 0 aliphatic rings. The normalized spacial score (nSPS) is 12.4. The second-order valence-electron chi connectivity index (χ2n) is 4.49. The highest BCUT2D eigenvalue weighted by atomic mass is 35.5. The molecule has 112 valence electrons. The van der Waals surface area contributed by atoms with Crippen LogP contribution in [0.3, 0.4) is 0 Å². The first kappa shape index (κ1) is 16.3. The van der Waals surface area contributed by atoms with Crippen LogP contribution in [-0.2, 0) is 0 Å². The third-order valence-corrected chi connectivity index (χ3v) is 4.65. The number of hydrogen-bond acceptors (Lipinski definition) is 2. The molecule has 0 radical (unpaired) electrons. The van der Waals surface area contributed by atoms with Crippen LogP contribution in [0.1, 0.15) is 18.5 Å². The van der Waals surface area contributed by atoms with Crippen molar-refractivity contribution in [3.8, 4) is 0 Å². The molecule has 1 N–H and O–H groups in total. The van der Waals surface area contributed by atoms with Gasteiger partial charge >= 0.3 is 0 Å². The molecule has 1 atom stereocenters. The van der Waals surface area contributed by atoms with Crippen molar-refractivity contribution in [1.82, 2.24) is 5.32 Å². The molecule has 21 heavy (non-hydrogen) atoms. The van der Waals surface area contributed by atoms with Crippen LogP contribution in [0.4, 0.5) is 8.78 Å². The van der Waals surface area contributed by atoms with Crippen molar-refractivity contribution < 1.29 is 8.78 Å². The van der Waals surface area contributed by atoms with Gasteiger partial charge < -0.3 is 5.32 Å². The van der Waals surface area contributed by atoms with Crippen LogP contribution in [-0.4, -0.2) is 12.3 Å². The molecule has 2 rings (SSSR count). The summed E-state index contributed by atoms with van der Waals surface area (Å²) in [5.41, 5.74) is 0.0823. The smallest absolute Gasteiger partial charge is 0.130 e. The van der Waals surface area contributed by atoms with Gasteiger partial charge in [-0.15, -0.1) is 11.8 Å². The van der Waals surface area contributed by atoms with Crippen molar-refractivity contribution in [2.24, 2.45) is 0 Å². The fourth-order valence-electron chi connectivity index (χ4n) is 2.07. The molecule has 5 heteroatoms. The zero-order valence-electron chi connectivity index (χ0n) is 11.6. The lowest BCUT2D eigenvalue weighted by Gasteiger charge is -2.19. The minimum atomic E-state index is -0.527. The first-order chi connectivity index (χ1) is 10.1. The molecular formula is C16H16ClF2NS. The van der Waals surface area contributed by atoms with E-state index in [4.69, 9.17) is 11.6 Å². The minimum Gasteiger partial charge on any atom is -0.309 e. The van der Waals surface area contributed by atoms with Crippen molar-refractivity contribution in [3.05, 3.63) is 64.7 Å². The Morgan fingerprint density at radius 3 is 2.38 bits per heavy atom. The van der Waals surface area contributed by atoms with Crippen LogP contribution in [0, 0.1) is 11.6 Å². The molecule has 0 saturated heterocycles. The summed E-state index contributed by atoms with van der Waals surface area (Å²) < 4.78 is 27.8. The second kappa shape index (κ2) is 7.78. The fraction of sp³-hybridized carbons (Fsp3) is 0.250. The first-order valence-electron chi connectivity index (χ1n) is 6.68. The van der Waals surface area contributed by atoms with Crippen LogP contribution in [0.15, 0.2) is 47.4 Å². The van der Waals surface area contributed by atoms with Gasteiger partial charge in [0.05, 0.1) is 5.02 Å². The summed E-state index contributed by atoms with van der Waals surface area (Å²) in [5.74, 6) is -0.559. The van der Waals surface area contributed by atoms with Gasteiger partial charge in [0, 0.05) is 22.3 Å². The van der Waals surface area contributed by atoms with Crippen molar-refractivity contribution in [2.45, 2.75) is 17.9 Å². The third-order valence-electron chi connectivity index (χ3n) is 3.04. The molecule has 0 bridgehead atoms. The lowest BCUT2D eigenvalue weighted by Crippen LogP contribution is -2.25. The molecule has 2 aromatic carbocycles. The number of hydrogen-bond donors (Lipinski definition) is 1. The summed E-state index contributed by atoms with van der Waals surface area (Å²) in [5, 5.41) is 3.77. The van der Waals surface area contributed by atoms with E-state index in [1.165, 1.54) is 30.0 Å². The summed E-state index contributed by atoms with van der Waals surface area (Å²) in [4.78, 5) is 0.902. The Morgan fingerprint density at radius 2 is 1.76 bits per heavy atom. The van der Waals surface area contributed by atoms with Crippen LogP contribution in [0.2, 0.25) is 5.02 Å². The van der Waals surface area contributed by atoms with Crippen molar-refractivity contribution >= 4 is 23.4 Å². The number of halogens is 3. The van der Waals surface area contributed by atoms with Gasteiger partial charge in [-0.1, -0.05) is 36.7 Å². The topological polar surface area (TPSA) is 12.0 Å². The second-order valence-corrected chi connectivity index (χ2v) is 5.96. The summed E-state index contributed by atoms with van der Waals surface area (Å²) in [6.07, 6.45) is 0. The highest BCUT2D eigenvalue weighted by molar-refractivity contribution is 7.99. The average Bonchev–Trinajstić information content (AvgIpc) is 2.46. The molecule has 1 unspecified atom stereocenters. The molecular weight excluding hydrogens is 312 g/mol. The molecule has 0 heterocycles. The van der Waals surface area contributed by atoms with E-state index in [0.717, 1.165) is 4.90 Å². The Morgan fingerprint density at radius 1 is 1.10 bits per heavy atom. The van der Waals surface area contributed by atoms with Crippen LogP contribution in [0.25, 0.3) is 0 Å². The van der Waals surface area contributed by atoms with Crippen molar-refractivity contribution in [2.75, 3.05) is 12.3 Å². The van der Waals surface area contributed by atoms with Gasteiger partial charge in [0.2, 0.25) is 0 Å².